The topological polar surface area (TPSA) is 68.3 Å². The number of carbonyl (C=O) groups excluding carboxylic acids is 2. The molecule has 2 aliphatic carbocycles. The second-order valence-electron chi connectivity index (χ2n) is 7.81. The number of rotatable bonds is 4. The monoisotopic (exact) mass is 376 g/mol. The minimum absolute atomic E-state index is 0.00861. The highest BCUT2D eigenvalue weighted by molar-refractivity contribution is 5.96. The first-order valence-electron chi connectivity index (χ1n) is 9.57. The largest absolute Gasteiger partial charge is 0.493 e. The Labute approximate surface area is 164 Å². The molecule has 0 saturated heterocycles. The van der Waals surface area contributed by atoms with Gasteiger partial charge < -0.3 is 10.1 Å². The Morgan fingerprint density at radius 3 is 2.79 bits per heavy atom. The molecule has 5 heteroatoms. The standard InChI is InChI=1S/C23H24N2O3/c1-23-13-15-7-3-4-9-17(15)18(23)11-20(26)21(28-2)12-19(23)22(27)25-14-16-8-5-6-10-24-16/h3-10,12,18-19H,11,13-14H2,1-2H3,(H,25,27)/t18-,19-,23?/m1/s1. The molecule has 1 aromatic carbocycles. The van der Waals surface area contributed by atoms with Crippen LogP contribution >= 0.6 is 0 Å². The molecule has 0 fully saturated rings. The molecule has 144 valence electrons. The molecular formula is C23H24N2O3. The van der Waals surface area contributed by atoms with Crippen molar-refractivity contribution < 1.29 is 14.3 Å². The lowest BCUT2D eigenvalue weighted by Gasteiger charge is -2.35. The van der Waals surface area contributed by atoms with Crippen molar-refractivity contribution in [1.82, 2.24) is 10.3 Å². The Balaban J connectivity index is 1.67. The second kappa shape index (κ2) is 7.23. The van der Waals surface area contributed by atoms with Crippen LogP contribution in [0.2, 0.25) is 0 Å². The Morgan fingerprint density at radius 1 is 1.25 bits per heavy atom. The number of nitrogens with zero attached hydrogens (tertiary/aromatic N) is 1. The van der Waals surface area contributed by atoms with E-state index in [1.165, 1.54) is 18.2 Å². The van der Waals surface area contributed by atoms with E-state index in [1.807, 2.05) is 30.3 Å². The third-order valence-corrected chi connectivity index (χ3v) is 6.16. The number of allylic oxidation sites excluding steroid dienone is 1. The van der Waals surface area contributed by atoms with Gasteiger partial charge in [-0.25, -0.2) is 0 Å². The normalized spacial score (nSPS) is 25.9. The van der Waals surface area contributed by atoms with Crippen molar-refractivity contribution in [3.8, 4) is 0 Å². The molecule has 5 nitrogen and oxygen atoms in total. The van der Waals surface area contributed by atoms with Gasteiger partial charge in [0.05, 0.1) is 25.3 Å². The number of benzene rings is 1. The molecule has 0 aliphatic heterocycles. The number of methoxy groups -OCH3 is 1. The first-order chi connectivity index (χ1) is 13.5. The molecule has 4 rings (SSSR count). The number of nitrogens with one attached hydrogen (secondary N) is 1. The Bertz CT molecular complexity index is 938. The predicted octanol–water partition coefficient (Wildman–Crippen LogP) is 3.16. The summed E-state index contributed by atoms with van der Waals surface area (Å²) in [5, 5.41) is 3.01. The van der Waals surface area contributed by atoms with Crippen LogP contribution in [0.5, 0.6) is 0 Å². The van der Waals surface area contributed by atoms with Gasteiger partial charge in [-0.15, -0.1) is 0 Å². The van der Waals surface area contributed by atoms with Gasteiger partial charge in [0.25, 0.3) is 0 Å². The van der Waals surface area contributed by atoms with Gasteiger partial charge in [-0.3, -0.25) is 14.6 Å². The van der Waals surface area contributed by atoms with Crippen LogP contribution in [0.1, 0.15) is 36.1 Å². The van der Waals surface area contributed by atoms with Gasteiger partial charge in [-0.2, -0.15) is 0 Å². The number of aromatic nitrogens is 1. The van der Waals surface area contributed by atoms with Gasteiger partial charge >= 0.3 is 0 Å². The maximum absolute atomic E-state index is 13.2. The average molecular weight is 376 g/mol. The van der Waals surface area contributed by atoms with Gasteiger partial charge in [0.15, 0.2) is 11.5 Å². The summed E-state index contributed by atoms with van der Waals surface area (Å²) >= 11 is 0. The minimum Gasteiger partial charge on any atom is -0.493 e. The SMILES string of the molecule is COC1=C[C@H](C(=O)NCc2ccccn2)C2(C)Cc3ccccc3[C@H]2CC1=O. The van der Waals surface area contributed by atoms with E-state index < -0.39 is 5.92 Å². The summed E-state index contributed by atoms with van der Waals surface area (Å²) in [6.45, 7) is 2.47. The third-order valence-electron chi connectivity index (χ3n) is 6.16. The molecule has 0 saturated carbocycles. The fraction of sp³-hybridized carbons (Fsp3) is 0.348. The number of pyridine rings is 1. The number of ketones is 1. The molecule has 28 heavy (non-hydrogen) atoms. The maximum atomic E-state index is 13.2. The number of hydrogen-bond donors (Lipinski definition) is 1. The van der Waals surface area contributed by atoms with Crippen molar-refractivity contribution in [2.24, 2.45) is 11.3 Å². The van der Waals surface area contributed by atoms with E-state index in [4.69, 9.17) is 4.74 Å². The van der Waals surface area contributed by atoms with Gasteiger partial charge in [-0.05, 0) is 47.1 Å². The lowest BCUT2D eigenvalue weighted by molar-refractivity contribution is -0.127. The van der Waals surface area contributed by atoms with E-state index in [2.05, 4.69) is 29.4 Å². The highest BCUT2D eigenvalue weighted by atomic mass is 16.5. The van der Waals surface area contributed by atoms with Crippen LogP contribution in [0.4, 0.5) is 0 Å². The Hall–Kier alpha value is -2.95. The van der Waals surface area contributed by atoms with Crippen LogP contribution in [-0.2, 0) is 27.3 Å². The van der Waals surface area contributed by atoms with Gasteiger partial charge in [0.2, 0.25) is 5.91 Å². The summed E-state index contributed by atoms with van der Waals surface area (Å²) in [5.74, 6) is -0.336. The lowest BCUT2D eigenvalue weighted by atomic mass is 9.67. The first kappa shape index (κ1) is 18.4. The average Bonchev–Trinajstić information content (AvgIpc) is 2.94. The van der Waals surface area contributed by atoms with Crippen molar-refractivity contribution >= 4 is 11.7 Å². The van der Waals surface area contributed by atoms with Crippen molar-refractivity contribution in [3.63, 3.8) is 0 Å². The number of ether oxygens (including phenoxy) is 1. The Morgan fingerprint density at radius 2 is 2.04 bits per heavy atom. The van der Waals surface area contributed by atoms with Gasteiger partial charge in [-0.1, -0.05) is 37.3 Å². The van der Waals surface area contributed by atoms with Crippen LogP contribution in [0.25, 0.3) is 0 Å². The number of fused-ring (bicyclic) bond motifs is 3. The first-order valence-corrected chi connectivity index (χ1v) is 9.57. The van der Waals surface area contributed by atoms with E-state index >= 15 is 0 Å². The molecular weight excluding hydrogens is 352 g/mol. The second-order valence-corrected chi connectivity index (χ2v) is 7.81. The summed E-state index contributed by atoms with van der Waals surface area (Å²) in [7, 11) is 1.49. The van der Waals surface area contributed by atoms with Crippen molar-refractivity contribution in [2.75, 3.05) is 7.11 Å². The van der Waals surface area contributed by atoms with E-state index in [0.29, 0.717) is 13.0 Å². The summed E-state index contributed by atoms with van der Waals surface area (Å²) in [5.41, 5.74) is 2.81. The molecule has 1 heterocycles. The summed E-state index contributed by atoms with van der Waals surface area (Å²) in [4.78, 5) is 30.3. The van der Waals surface area contributed by atoms with Gasteiger partial charge in [0.1, 0.15) is 0 Å². The molecule has 1 unspecified atom stereocenters. The zero-order chi connectivity index (χ0) is 19.7. The van der Waals surface area contributed by atoms with Crippen LogP contribution in [0.3, 0.4) is 0 Å². The highest BCUT2D eigenvalue weighted by Gasteiger charge is 2.52. The number of carbonyl (C=O) groups is 2. The smallest absolute Gasteiger partial charge is 0.227 e. The summed E-state index contributed by atoms with van der Waals surface area (Å²) < 4.78 is 5.34. The molecule has 0 radical (unpaired) electrons. The van der Waals surface area contributed by atoms with E-state index in [0.717, 1.165) is 12.1 Å². The number of amides is 1. The van der Waals surface area contributed by atoms with Crippen molar-refractivity contribution in [1.29, 1.82) is 0 Å². The maximum Gasteiger partial charge on any atom is 0.227 e. The van der Waals surface area contributed by atoms with Crippen LogP contribution in [0.15, 0.2) is 60.5 Å². The zero-order valence-electron chi connectivity index (χ0n) is 16.1. The fourth-order valence-electron chi connectivity index (χ4n) is 4.66. The minimum atomic E-state index is -0.463. The van der Waals surface area contributed by atoms with Gasteiger partial charge in [0, 0.05) is 12.6 Å². The third kappa shape index (κ3) is 3.11. The molecule has 2 aromatic rings. The summed E-state index contributed by atoms with van der Waals surface area (Å²) in [6.07, 6.45) is 4.55. The lowest BCUT2D eigenvalue weighted by Crippen LogP contribution is -2.41. The Kier molecular flexibility index (Phi) is 4.75. The molecule has 3 atom stereocenters. The molecule has 0 spiro atoms. The summed E-state index contributed by atoms with van der Waals surface area (Å²) in [6, 6.07) is 13.8. The molecule has 1 amide bonds. The van der Waals surface area contributed by atoms with E-state index in [-0.39, 0.29) is 28.8 Å². The van der Waals surface area contributed by atoms with Crippen molar-refractivity contribution in [3.05, 3.63) is 77.3 Å². The van der Waals surface area contributed by atoms with Crippen LogP contribution in [0, 0.1) is 11.3 Å². The predicted molar refractivity (Wildman–Crippen MR) is 105 cm³/mol. The molecule has 0 bridgehead atoms. The zero-order valence-corrected chi connectivity index (χ0v) is 16.1. The van der Waals surface area contributed by atoms with E-state index in [9.17, 15) is 9.59 Å². The molecule has 1 aromatic heterocycles. The fourth-order valence-corrected chi connectivity index (χ4v) is 4.66. The van der Waals surface area contributed by atoms with Crippen LogP contribution in [-0.4, -0.2) is 23.8 Å². The van der Waals surface area contributed by atoms with E-state index in [1.54, 1.807) is 12.3 Å². The quantitative estimate of drug-likeness (QED) is 0.890. The number of Topliss-reactive ketones (excluding diaryl/α,β-unsaturated/α-hetero) is 1. The van der Waals surface area contributed by atoms with Crippen molar-refractivity contribution in [2.45, 2.75) is 32.2 Å². The molecule has 1 N–H and O–H groups in total. The molecule has 2 aliphatic rings. The highest BCUT2D eigenvalue weighted by Crippen LogP contribution is 2.55. The number of hydrogen-bond acceptors (Lipinski definition) is 4. The van der Waals surface area contributed by atoms with Crippen LogP contribution < -0.4 is 5.32 Å².